The summed E-state index contributed by atoms with van der Waals surface area (Å²) in [6, 6.07) is 8.52. The lowest BCUT2D eigenvalue weighted by Crippen LogP contribution is -2.06. The molecule has 0 aliphatic carbocycles. The molecule has 0 aliphatic rings. The highest BCUT2D eigenvalue weighted by Crippen LogP contribution is 2.22. The average molecular weight is 285 g/mol. The van der Waals surface area contributed by atoms with E-state index < -0.39 is 5.97 Å². The van der Waals surface area contributed by atoms with Gasteiger partial charge in [-0.1, -0.05) is 13.8 Å². The molecular weight excluding hydrogens is 270 g/mol. The minimum Gasteiger partial charge on any atom is -0.492 e. The summed E-state index contributed by atoms with van der Waals surface area (Å²) < 4.78 is 6.99. The lowest BCUT2D eigenvalue weighted by Gasteiger charge is -2.11. The molecule has 6 nitrogen and oxygen atoms in total. The molecule has 0 saturated heterocycles. The third kappa shape index (κ3) is 3.39. The van der Waals surface area contributed by atoms with Gasteiger partial charge >= 0.3 is 5.97 Å². The summed E-state index contributed by atoms with van der Waals surface area (Å²) in [5.41, 5.74) is 0.949. The Morgan fingerprint density at radius 2 is 2.24 bits per heavy atom. The standard InChI is InChI=1S/C15H15N3O3/c1-10(2)9-21-14-4-3-12(7-11(14)8-16)18-6-5-13(17-18)15(19)20/h3-7,10H,9H2,1-2H3,(H,19,20). The molecule has 0 saturated carbocycles. The Morgan fingerprint density at radius 1 is 1.48 bits per heavy atom. The van der Waals surface area contributed by atoms with Crippen molar-refractivity contribution in [2.45, 2.75) is 13.8 Å². The second-order valence-corrected chi connectivity index (χ2v) is 4.95. The average Bonchev–Trinajstić information content (AvgIpc) is 2.94. The highest BCUT2D eigenvalue weighted by Gasteiger charge is 2.10. The number of aromatic carboxylic acids is 1. The predicted octanol–water partition coefficient (Wildman–Crippen LogP) is 2.48. The molecule has 2 aromatic rings. The quantitative estimate of drug-likeness (QED) is 0.911. The molecular formula is C15H15N3O3. The van der Waals surface area contributed by atoms with Gasteiger partial charge in [-0.3, -0.25) is 0 Å². The smallest absolute Gasteiger partial charge is 0.356 e. The maximum Gasteiger partial charge on any atom is 0.356 e. The zero-order chi connectivity index (χ0) is 15.4. The summed E-state index contributed by atoms with van der Waals surface area (Å²) in [7, 11) is 0. The largest absolute Gasteiger partial charge is 0.492 e. The van der Waals surface area contributed by atoms with E-state index in [1.807, 2.05) is 13.8 Å². The first-order valence-electron chi connectivity index (χ1n) is 6.47. The minimum absolute atomic E-state index is 0.0476. The monoisotopic (exact) mass is 285 g/mol. The summed E-state index contributed by atoms with van der Waals surface area (Å²) in [6.07, 6.45) is 1.54. The van der Waals surface area contributed by atoms with E-state index in [9.17, 15) is 10.1 Å². The molecule has 108 valence electrons. The van der Waals surface area contributed by atoms with Crippen LogP contribution in [0.5, 0.6) is 5.75 Å². The number of ether oxygens (including phenoxy) is 1. The van der Waals surface area contributed by atoms with Gasteiger partial charge in [-0.2, -0.15) is 10.4 Å². The highest BCUT2D eigenvalue weighted by molar-refractivity contribution is 5.85. The SMILES string of the molecule is CC(C)COc1ccc(-n2ccc(C(=O)O)n2)cc1C#N. The van der Waals surface area contributed by atoms with E-state index in [0.717, 1.165) is 0 Å². The number of hydrogen-bond donors (Lipinski definition) is 1. The third-order valence-electron chi connectivity index (χ3n) is 2.73. The van der Waals surface area contributed by atoms with Crippen LogP contribution < -0.4 is 4.74 Å². The van der Waals surface area contributed by atoms with Crippen molar-refractivity contribution in [2.75, 3.05) is 6.61 Å². The van der Waals surface area contributed by atoms with E-state index in [0.29, 0.717) is 29.5 Å². The normalized spacial score (nSPS) is 10.4. The van der Waals surface area contributed by atoms with Gasteiger partial charge in [0.2, 0.25) is 0 Å². The molecule has 0 aliphatic heterocycles. The summed E-state index contributed by atoms with van der Waals surface area (Å²) in [5, 5.41) is 22.0. The van der Waals surface area contributed by atoms with Crippen LogP contribution in [0.1, 0.15) is 29.9 Å². The van der Waals surface area contributed by atoms with Gasteiger partial charge in [-0.05, 0) is 30.2 Å². The molecule has 0 amide bonds. The fraction of sp³-hybridized carbons (Fsp3) is 0.267. The van der Waals surface area contributed by atoms with Gasteiger partial charge in [0.25, 0.3) is 0 Å². The number of carbonyl (C=O) groups is 1. The third-order valence-corrected chi connectivity index (χ3v) is 2.73. The second kappa shape index (κ2) is 6.09. The van der Waals surface area contributed by atoms with Crippen molar-refractivity contribution in [1.29, 1.82) is 5.26 Å². The van der Waals surface area contributed by atoms with Crippen LogP contribution in [0.2, 0.25) is 0 Å². The topological polar surface area (TPSA) is 88.1 Å². The number of nitriles is 1. The molecule has 0 atom stereocenters. The Labute approximate surface area is 122 Å². The summed E-state index contributed by atoms with van der Waals surface area (Å²) >= 11 is 0. The zero-order valence-electron chi connectivity index (χ0n) is 11.8. The van der Waals surface area contributed by atoms with Crippen LogP contribution in [-0.2, 0) is 0 Å². The molecule has 0 bridgehead atoms. The van der Waals surface area contributed by atoms with Crippen molar-refractivity contribution < 1.29 is 14.6 Å². The Morgan fingerprint density at radius 3 is 2.81 bits per heavy atom. The van der Waals surface area contributed by atoms with Crippen molar-refractivity contribution in [1.82, 2.24) is 9.78 Å². The molecule has 0 unspecified atom stereocenters. The molecule has 2 rings (SSSR count). The maximum absolute atomic E-state index is 10.8. The van der Waals surface area contributed by atoms with Crippen molar-refractivity contribution in [2.24, 2.45) is 5.92 Å². The van der Waals surface area contributed by atoms with Crippen molar-refractivity contribution in [3.8, 4) is 17.5 Å². The summed E-state index contributed by atoms with van der Waals surface area (Å²) in [4.78, 5) is 10.8. The minimum atomic E-state index is -1.09. The number of rotatable bonds is 5. The molecule has 0 fully saturated rings. The van der Waals surface area contributed by atoms with Gasteiger partial charge in [0, 0.05) is 6.20 Å². The van der Waals surface area contributed by atoms with E-state index in [4.69, 9.17) is 9.84 Å². The second-order valence-electron chi connectivity index (χ2n) is 4.95. The first kappa shape index (κ1) is 14.6. The zero-order valence-corrected chi connectivity index (χ0v) is 11.8. The Hall–Kier alpha value is -2.81. The number of aromatic nitrogens is 2. The lowest BCUT2D eigenvalue weighted by molar-refractivity contribution is 0.0690. The molecule has 0 radical (unpaired) electrons. The van der Waals surface area contributed by atoms with Gasteiger partial charge in [-0.15, -0.1) is 0 Å². The Bertz CT molecular complexity index is 698. The molecule has 1 N–H and O–H groups in total. The molecule has 1 heterocycles. The van der Waals surface area contributed by atoms with E-state index in [1.165, 1.54) is 16.9 Å². The number of carboxylic acids is 1. The van der Waals surface area contributed by atoms with Crippen LogP contribution in [0.3, 0.4) is 0 Å². The molecule has 1 aromatic heterocycles. The predicted molar refractivity (Wildman–Crippen MR) is 75.6 cm³/mol. The van der Waals surface area contributed by atoms with Crippen LogP contribution in [0, 0.1) is 17.2 Å². The van der Waals surface area contributed by atoms with Gasteiger partial charge in [0.1, 0.15) is 11.8 Å². The summed E-state index contributed by atoms with van der Waals surface area (Å²) in [5.74, 6) is -0.216. The van der Waals surface area contributed by atoms with Crippen molar-refractivity contribution in [3.63, 3.8) is 0 Å². The van der Waals surface area contributed by atoms with Crippen LogP contribution in [0.15, 0.2) is 30.5 Å². The summed E-state index contributed by atoms with van der Waals surface area (Å²) in [6.45, 7) is 4.58. The number of carboxylic acid groups (broad SMARTS) is 1. The van der Waals surface area contributed by atoms with Gasteiger partial charge in [0.05, 0.1) is 17.9 Å². The van der Waals surface area contributed by atoms with Crippen LogP contribution in [0.4, 0.5) is 0 Å². The Kier molecular flexibility index (Phi) is 4.24. The van der Waals surface area contributed by atoms with E-state index >= 15 is 0 Å². The molecule has 0 spiro atoms. The number of hydrogen-bond acceptors (Lipinski definition) is 4. The van der Waals surface area contributed by atoms with Gasteiger partial charge < -0.3 is 9.84 Å². The maximum atomic E-state index is 10.8. The number of nitrogens with zero attached hydrogens (tertiary/aromatic N) is 3. The van der Waals surface area contributed by atoms with E-state index in [2.05, 4.69) is 11.2 Å². The molecule has 1 aromatic carbocycles. The first-order chi connectivity index (χ1) is 10.0. The van der Waals surface area contributed by atoms with Gasteiger partial charge in [-0.25, -0.2) is 9.48 Å². The van der Waals surface area contributed by atoms with Crippen LogP contribution in [-0.4, -0.2) is 27.5 Å². The van der Waals surface area contributed by atoms with Crippen molar-refractivity contribution >= 4 is 5.97 Å². The van der Waals surface area contributed by atoms with Crippen LogP contribution >= 0.6 is 0 Å². The first-order valence-corrected chi connectivity index (χ1v) is 6.47. The van der Waals surface area contributed by atoms with Crippen LogP contribution in [0.25, 0.3) is 5.69 Å². The number of benzene rings is 1. The van der Waals surface area contributed by atoms with Crippen molar-refractivity contribution in [3.05, 3.63) is 41.7 Å². The fourth-order valence-corrected chi connectivity index (χ4v) is 1.71. The van der Waals surface area contributed by atoms with E-state index in [-0.39, 0.29) is 5.69 Å². The lowest BCUT2D eigenvalue weighted by atomic mass is 10.2. The fourth-order valence-electron chi connectivity index (χ4n) is 1.71. The van der Waals surface area contributed by atoms with Gasteiger partial charge in [0.15, 0.2) is 5.69 Å². The molecule has 6 heteroatoms. The van der Waals surface area contributed by atoms with E-state index in [1.54, 1.807) is 18.2 Å². The Balaban J connectivity index is 2.29. The highest BCUT2D eigenvalue weighted by atomic mass is 16.5. The molecule has 21 heavy (non-hydrogen) atoms.